The van der Waals surface area contributed by atoms with Gasteiger partial charge in [0.25, 0.3) is 0 Å². The zero-order valence-corrected chi connectivity index (χ0v) is 7.62. The SMILES string of the molecule is COCC(C)SCCCN. The van der Waals surface area contributed by atoms with Gasteiger partial charge in [0.2, 0.25) is 0 Å². The normalized spacial score (nSPS) is 13.5. The Kier molecular flexibility index (Phi) is 7.58. The van der Waals surface area contributed by atoms with Crippen LogP contribution in [0.3, 0.4) is 0 Å². The predicted octanol–water partition coefficient (Wildman–Crippen LogP) is 1.10. The van der Waals surface area contributed by atoms with Gasteiger partial charge in [0.1, 0.15) is 0 Å². The quantitative estimate of drug-likeness (QED) is 0.596. The van der Waals surface area contributed by atoms with Crippen LogP contribution in [-0.4, -0.2) is 31.3 Å². The Hall–Kier alpha value is 0.270. The van der Waals surface area contributed by atoms with E-state index in [9.17, 15) is 0 Å². The lowest BCUT2D eigenvalue weighted by atomic mass is 10.5. The molecule has 3 heteroatoms. The zero-order valence-electron chi connectivity index (χ0n) is 6.80. The van der Waals surface area contributed by atoms with Crippen molar-refractivity contribution >= 4 is 11.8 Å². The Bertz CT molecular complexity index is 70.6. The van der Waals surface area contributed by atoms with Crippen LogP contribution in [-0.2, 0) is 4.74 Å². The molecule has 0 spiro atoms. The van der Waals surface area contributed by atoms with E-state index in [0.29, 0.717) is 5.25 Å². The van der Waals surface area contributed by atoms with Crippen LogP contribution in [0.4, 0.5) is 0 Å². The molecular weight excluding hydrogens is 146 g/mol. The highest BCUT2D eigenvalue weighted by Gasteiger charge is 1.99. The van der Waals surface area contributed by atoms with Gasteiger partial charge in [-0.3, -0.25) is 0 Å². The lowest BCUT2D eigenvalue weighted by Crippen LogP contribution is -2.07. The van der Waals surface area contributed by atoms with Crippen LogP contribution in [0, 0.1) is 0 Å². The van der Waals surface area contributed by atoms with Crippen molar-refractivity contribution in [1.82, 2.24) is 0 Å². The van der Waals surface area contributed by atoms with Gasteiger partial charge in [0, 0.05) is 12.4 Å². The van der Waals surface area contributed by atoms with Crippen molar-refractivity contribution in [3.63, 3.8) is 0 Å². The Morgan fingerprint density at radius 1 is 1.60 bits per heavy atom. The van der Waals surface area contributed by atoms with Crippen molar-refractivity contribution in [3.8, 4) is 0 Å². The maximum Gasteiger partial charge on any atom is 0.0578 e. The van der Waals surface area contributed by atoms with Crippen LogP contribution >= 0.6 is 11.8 Å². The number of hydrogen-bond donors (Lipinski definition) is 1. The van der Waals surface area contributed by atoms with Crippen LogP contribution in [0.2, 0.25) is 0 Å². The van der Waals surface area contributed by atoms with Gasteiger partial charge in [0.05, 0.1) is 6.61 Å². The van der Waals surface area contributed by atoms with E-state index in [1.807, 2.05) is 11.8 Å². The van der Waals surface area contributed by atoms with Crippen LogP contribution in [0.25, 0.3) is 0 Å². The van der Waals surface area contributed by atoms with Crippen molar-refractivity contribution in [2.75, 3.05) is 26.0 Å². The maximum absolute atomic E-state index is 5.34. The first-order valence-electron chi connectivity index (χ1n) is 3.62. The fraction of sp³-hybridized carbons (Fsp3) is 1.00. The third-order valence-corrected chi connectivity index (χ3v) is 2.38. The monoisotopic (exact) mass is 163 g/mol. The molecule has 0 amide bonds. The van der Waals surface area contributed by atoms with Crippen molar-refractivity contribution in [2.24, 2.45) is 5.73 Å². The molecule has 1 atom stereocenters. The molecule has 0 saturated carbocycles. The minimum Gasteiger partial charge on any atom is -0.384 e. The van der Waals surface area contributed by atoms with Crippen molar-refractivity contribution < 1.29 is 4.74 Å². The molecule has 2 nitrogen and oxygen atoms in total. The first-order valence-corrected chi connectivity index (χ1v) is 4.66. The lowest BCUT2D eigenvalue weighted by molar-refractivity contribution is 0.203. The molecule has 2 N–H and O–H groups in total. The zero-order chi connectivity index (χ0) is 7.82. The number of methoxy groups -OCH3 is 1. The third-order valence-electron chi connectivity index (χ3n) is 1.15. The van der Waals surface area contributed by atoms with Crippen LogP contribution in [0.5, 0.6) is 0 Å². The molecule has 10 heavy (non-hydrogen) atoms. The standard InChI is InChI=1S/C7H17NOS/c1-7(6-9-2)10-5-3-4-8/h7H,3-6,8H2,1-2H3. The average Bonchev–Trinajstić information content (AvgIpc) is 1.89. The topological polar surface area (TPSA) is 35.2 Å². The van der Waals surface area contributed by atoms with Crippen molar-refractivity contribution in [1.29, 1.82) is 0 Å². The summed E-state index contributed by atoms with van der Waals surface area (Å²) in [6.07, 6.45) is 1.11. The number of rotatable bonds is 6. The third kappa shape index (κ3) is 6.39. The van der Waals surface area contributed by atoms with Crippen LogP contribution in [0.15, 0.2) is 0 Å². The Balaban J connectivity index is 2.97. The Labute approximate surface area is 67.5 Å². The molecule has 0 heterocycles. The summed E-state index contributed by atoms with van der Waals surface area (Å²) in [4.78, 5) is 0. The Morgan fingerprint density at radius 2 is 2.30 bits per heavy atom. The average molecular weight is 163 g/mol. The second-order valence-electron chi connectivity index (χ2n) is 2.28. The van der Waals surface area contributed by atoms with Crippen LogP contribution < -0.4 is 5.73 Å². The van der Waals surface area contributed by atoms with E-state index in [1.165, 1.54) is 0 Å². The molecule has 0 fully saturated rings. The van der Waals surface area contributed by atoms with E-state index < -0.39 is 0 Å². The number of ether oxygens (including phenoxy) is 1. The fourth-order valence-electron chi connectivity index (χ4n) is 0.651. The Morgan fingerprint density at radius 3 is 2.80 bits per heavy atom. The second-order valence-corrected chi connectivity index (χ2v) is 3.83. The molecule has 0 aliphatic carbocycles. The van der Waals surface area contributed by atoms with Gasteiger partial charge in [-0.15, -0.1) is 0 Å². The summed E-state index contributed by atoms with van der Waals surface area (Å²) in [6, 6.07) is 0. The second kappa shape index (κ2) is 7.38. The van der Waals surface area contributed by atoms with Gasteiger partial charge in [-0.25, -0.2) is 0 Å². The smallest absolute Gasteiger partial charge is 0.0578 e. The first-order chi connectivity index (χ1) is 4.81. The van der Waals surface area contributed by atoms with Gasteiger partial charge < -0.3 is 10.5 Å². The summed E-state index contributed by atoms with van der Waals surface area (Å²) >= 11 is 1.92. The molecule has 0 aliphatic heterocycles. The summed E-state index contributed by atoms with van der Waals surface area (Å²) in [7, 11) is 1.74. The van der Waals surface area contributed by atoms with E-state index in [4.69, 9.17) is 10.5 Å². The van der Waals surface area contributed by atoms with E-state index in [2.05, 4.69) is 6.92 Å². The molecule has 1 unspecified atom stereocenters. The lowest BCUT2D eigenvalue weighted by Gasteiger charge is -2.08. The molecule has 0 aromatic heterocycles. The summed E-state index contributed by atoms with van der Waals surface area (Å²) in [5, 5.41) is 0.608. The largest absolute Gasteiger partial charge is 0.384 e. The first kappa shape index (κ1) is 10.3. The number of hydrogen-bond acceptors (Lipinski definition) is 3. The summed E-state index contributed by atoms with van der Waals surface area (Å²) < 4.78 is 4.98. The van der Waals surface area contributed by atoms with E-state index in [1.54, 1.807) is 7.11 Å². The summed E-state index contributed by atoms with van der Waals surface area (Å²) in [6.45, 7) is 3.81. The predicted molar refractivity (Wildman–Crippen MR) is 47.5 cm³/mol. The number of nitrogens with two attached hydrogens (primary N) is 1. The van der Waals surface area contributed by atoms with Gasteiger partial charge in [0.15, 0.2) is 0 Å². The highest BCUT2D eigenvalue weighted by atomic mass is 32.2. The van der Waals surface area contributed by atoms with Gasteiger partial charge >= 0.3 is 0 Å². The molecule has 0 aliphatic rings. The fourth-order valence-corrected chi connectivity index (χ4v) is 1.62. The summed E-state index contributed by atoms with van der Waals surface area (Å²) in [5.41, 5.74) is 5.34. The van der Waals surface area contributed by atoms with Gasteiger partial charge in [-0.05, 0) is 18.7 Å². The van der Waals surface area contributed by atoms with E-state index in [-0.39, 0.29) is 0 Å². The van der Waals surface area contributed by atoms with E-state index >= 15 is 0 Å². The molecule has 0 aromatic rings. The molecule has 0 aromatic carbocycles. The maximum atomic E-state index is 5.34. The van der Waals surface area contributed by atoms with Crippen LogP contribution in [0.1, 0.15) is 13.3 Å². The minimum absolute atomic E-state index is 0.608. The molecule has 0 radical (unpaired) electrons. The van der Waals surface area contributed by atoms with E-state index in [0.717, 1.165) is 25.3 Å². The highest BCUT2D eigenvalue weighted by molar-refractivity contribution is 7.99. The molecular formula is C7H17NOS. The van der Waals surface area contributed by atoms with Gasteiger partial charge in [-0.2, -0.15) is 11.8 Å². The molecule has 62 valence electrons. The molecule has 0 saturated heterocycles. The summed E-state index contributed by atoms with van der Waals surface area (Å²) in [5.74, 6) is 1.15. The molecule has 0 bridgehead atoms. The molecule has 0 rings (SSSR count). The van der Waals surface area contributed by atoms with Gasteiger partial charge in [-0.1, -0.05) is 6.92 Å². The minimum atomic E-state index is 0.608. The number of thioether (sulfide) groups is 1. The highest BCUT2D eigenvalue weighted by Crippen LogP contribution is 2.10. The van der Waals surface area contributed by atoms with Crippen molar-refractivity contribution in [2.45, 2.75) is 18.6 Å². The van der Waals surface area contributed by atoms with Crippen molar-refractivity contribution in [3.05, 3.63) is 0 Å².